The van der Waals surface area contributed by atoms with Crippen molar-refractivity contribution in [1.29, 1.82) is 0 Å². The summed E-state index contributed by atoms with van der Waals surface area (Å²) in [6.45, 7) is 10.1. The van der Waals surface area contributed by atoms with Gasteiger partial charge in [0, 0.05) is 26.2 Å². The second-order valence-electron chi connectivity index (χ2n) is 6.63. The van der Waals surface area contributed by atoms with Crippen LogP contribution in [-0.2, 0) is 4.74 Å². The van der Waals surface area contributed by atoms with Crippen LogP contribution in [0.4, 0.5) is 0 Å². The normalized spacial score (nSPS) is 17.4. The Hall–Kier alpha value is -1.06. The highest BCUT2D eigenvalue weighted by Crippen LogP contribution is 2.16. The second-order valence-corrected chi connectivity index (χ2v) is 6.63. The molecule has 0 spiro atoms. The zero-order chi connectivity index (χ0) is 18.6. The van der Waals surface area contributed by atoms with E-state index in [1.807, 2.05) is 12.1 Å². The summed E-state index contributed by atoms with van der Waals surface area (Å²) in [4.78, 5) is 7.25. The summed E-state index contributed by atoms with van der Waals surface area (Å²) in [5.74, 6) is 1.76. The summed E-state index contributed by atoms with van der Waals surface area (Å²) in [7, 11) is 1.76. The molecule has 0 bridgehead atoms. The van der Waals surface area contributed by atoms with Gasteiger partial charge < -0.3 is 20.1 Å². The number of ether oxygens (including phenoxy) is 2. The van der Waals surface area contributed by atoms with Crippen LogP contribution in [0.15, 0.2) is 29.3 Å². The van der Waals surface area contributed by atoms with Crippen molar-refractivity contribution >= 4 is 29.9 Å². The van der Waals surface area contributed by atoms with E-state index in [-0.39, 0.29) is 24.0 Å². The topological polar surface area (TPSA) is 58.1 Å². The summed E-state index contributed by atoms with van der Waals surface area (Å²) in [6, 6.07) is 8.65. The van der Waals surface area contributed by atoms with Crippen LogP contribution in [0.5, 0.6) is 5.75 Å². The van der Waals surface area contributed by atoms with E-state index in [0.717, 1.165) is 51.0 Å². The Bertz CT molecular complexity index is 539. The molecule has 1 aliphatic rings. The first-order valence-electron chi connectivity index (χ1n) is 9.67. The van der Waals surface area contributed by atoms with Crippen molar-refractivity contribution in [3.05, 3.63) is 29.8 Å². The number of rotatable bonds is 10. The van der Waals surface area contributed by atoms with Crippen molar-refractivity contribution in [2.24, 2.45) is 4.99 Å². The van der Waals surface area contributed by atoms with Crippen LogP contribution in [0.2, 0.25) is 0 Å². The molecule has 0 aromatic heterocycles. The lowest BCUT2D eigenvalue weighted by Gasteiger charge is -2.23. The smallest absolute Gasteiger partial charge is 0.191 e. The van der Waals surface area contributed by atoms with Crippen molar-refractivity contribution in [2.45, 2.75) is 32.7 Å². The lowest BCUT2D eigenvalue weighted by Crippen LogP contribution is -2.41. The average molecular weight is 490 g/mol. The van der Waals surface area contributed by atoms with Gasteiger partial charge in [0.2, 0.25) is 0 Å². The van der Waals surface area contributed by atoms with E-state index < -0.39 is 0 Å². The number of halogens is 1. The van der Waals surface area contributed by atoms with Crippen LogP contribution in [-0.4, -0.2) is 69.9 Å². The van der Waals surface area contributed by atoms with Crippen molar-refractivity contribution in [3.63, 3.8) is 0 Å². The van der Waals surface area contributed by atoms with Crippen LogP contribution in [0, 0.1) is 6.92 Å². The SMILES string of the molecule is CCNC(=NCC1CCCN1CCOC)NCCOc1ccc(C)cc1.I. The molecule has 2 rings (SSSR count). The quantitative estimate of drug-likeness (QED) is 0.229. The predicted molar refractivity (Wildman–Crippen MR) is 123 cm³/mol. The summed E-state index contributed by atoms with van der Waals surface area (Å²) >= 11 is 0. The lowest BCUT2D eigenvalue weighted by atomic mass is 10.2. The molecule has 1 fully saturated rings. The number of nitrogens with zero attached hydrogens (tertiary/aromatic N) is 2. The molecule has 7 heteroatoms. The van der Waals surface area contributed by atoms with E-state index in [1.165, 1.54) is 18.4 Å². The Balaban J connectivity index is 0.00000364. The molecule has 1 aromatic carbocycles. The Labute approximate surface area is 181 Å². The lowest BCUT2D eigenvalue weighted by molar-refractivity contribution is 0.142. The van der Waals surface area contributed by atoms with Gasteiger partial charge in [-0.3, -0.25) is 9.89 Å². The first-order valence-corrected chi connectivity index (χ1v) is 9.67. The maximum absolute atomic E-state index is 5.76. The maximum Gasteiger partial charge on any atom is 0.191 e. The zero-order valence-corrected chi connectivity index (χ0v) is 19.2. The zero-order valence-electron chi connectivity index (χ0n) is 16.9. The van der Waals surface area contributed by atoms with E-state index >= 15 is 0 Å². The molecule has 0 radical (unpaired) electrons. The fourth-order valence-corrected chi connectivity index (χ4v) is 3.12. The van der Waals surface area contributed by atoms with E-state index in [4.69, 9.17) is 14.5 Å². The van der Waals surface area contributed by atoms with Gasteiger partial charge >= 0.3 is 0 Å². The van der Waals surface area contributed by atoms with Crippen LogP contribution >= 0.6 is 24.0 Å². The highest BCUT2D eigenvalue weighted by Gasteiger charge is 2.23. The number of aliphatic imine (C=N–C) groups is 1. The summed E-state index contributed by atoms with van der Waals surface area (Å²) < 4.78 is 11.0. The minimum Gasteiger partial charge on any atom is -0.492 e. The molecule has 1 saturated heterocycles. The minimum atomic E-state index is 0. The first kappa shape index (κ1) is 24.0. The molecule has 27 heavy (non-hydrogen) atoms. The van der Waals surface area contributed by atoms with Crippen LogP contribution in [0.3, 0.4) is 0 Å². The van der Waals surface area contributed by atoms with Gasteiger partial charge in [0.25, 0.3) is 0 Å². The summed E-state index contributed by atoms with van der Waals surface area (Å²) in [5, 5.41) is 6.67. The van der Waals surface area contributed by atoms with Crippen LogP contribution < -0.4 is 15.4 Å². The number of methoxy groups -OCH3 is 1. The average Bonchev–Trinajstić information content (AvgIpc) is 3.10. The van der Waals surface area contributed by atoms with Crippen LogP contribution in [0.25, 0.3) is 0 Å². The molecule has 0 aliphatic carbocycles. The van der Waals surface area contributed by atoms with E-state index in [0.29, 0.717) is 12.6 Å². The van der Waals surface area contributed by atoms with Gasteiger partial charge in [-0.25, -0.2) is 0 Å². The molecule has 1 aliphatic heterocycles. The molecule has 2 N–H and O–H groups in total. The van der Waals surface area contributed by atoms with Gasteiger partial charge in [0.15, 0.2) is 5.96 Å². The number of hydrogen-bond donors (Lipinski definition) is 2. The van der Waals surface area contributed by atoms with Crippen LogP contribution in [0.1, 0.15) is 25.3 Å². The maximum atomic E-state index is 5.76. The standard InChI is InChI=1S/C20H34N4O2.HI/c1-4-21-20(22-11-14-26-19-9-7-17(2)8-10-19)23-16-18-6-5-12-24(18)13-15-25-3;/h7-10,18H,4-6,11-16H2,1-3H3,(H2,21,22,23);1H. The van der Waals surface area contributed by atoms with Crippen molar-refractivity contribution in [3.8, 4) is 5.75 Å². The van der Waals surface area contributed by atoms with Crippen molar-refractivity contribution < 1.29 is 9.47 Å². The number of nitrogens with one attached hydrogen (secondary N) is 2. The van der Waals surface area contributed by atoms with Crippen molar-refractivity contribution in [2.75, 3.05) is 53.0 Å². The molecule has 1 atom stereocenters. The molecular weight excluding hydrogens is 455 g/mol. The summed E-state index contributed by atoms with van der Waals surface area (Å²) in [5.41, 5.74) is 1.24. The fraction of sp³-hybridized carbons (Fsp3) is 0.650. The van der Waals surface area contributed by atoms with Crippen molar-refractivity contribution in [1.82, 2.24) is 15.5 Å². The predicted octanol–water partition coefficient (Wildman–Crippen LogP) is 2.66. The number of guanidine groups is 1. The Morgan fingerprint density at radius 2 is 2.00 bits per heavy atom. The highest BCUT2D eigenvalue weighted by molar-refractivity contribution is 14.0. The molecular formula is C20H35IN4O2. The molecule has 0 saturated carbocycles. The third kappa shape index (κ3) is 9.12. The molecule has 1 unspecified atom stereocenters. The fourth-order valence-electron chi connectivity index (χ4n) is 3.12. The molecule has 0 amide bonds. The van der Waals surface area contributed by atoms with Gasteiger partial charge in [0.1, 0.15) is 12.4 Å². The number of hydrogen-bond acceptors (Lipinski definition) is 4. The monoisotopic (exact) mass is 490 g/mol. The Kier molecular flexibility index (Phi) is 12.4. The van der Waals surface area contributed by atoms with Gasteiger partial charge in [-0.05, 0) is 45.4 Å². The third-order valence-electron chi connectivity index (χ3n) is 4.57. The van der Waals surface area contributed by atoms with Gasteiger partial charge in [-0.15, -0.1) is 24.0 Å². The first-order chi connectivity index (χ1) is 12.7. The number of benzene rings is 1. The molecule has 6 nitrogen and oxygen atoms in total. The Morgan fingerprint density at radius 1 is 1.22 bits per heavy atom. The van der Waals surface area contributed by atoms with E-state index in [1.54, 1.807) is 7.11 Å². The largest absolute Gasteiger partial charge is 0.492 e. The molecule has 1 heterocycles. The van der Waals surface area contributed by atoms with Gasteiger partial charge in [0.05, 0.1) is 19.7 Å². The highest BCUT2D eigenvalue weighted by atomic mass is 127. The second kappa shape index (κ2) is 14.0. The van der Waals surface area contributed by atoms with Gasteiger partial charge in [-0.2, -0.15) is 0 Å². The number of likely N-dealkylation sites (tertiary alicyclic amines) is 1. The van der Waals surface area contributed by atoms with E-state index in [9.17, 15) is 0 Å². The Morgan fingerprint density at radius 3 is 2.70 bits per heavy atom. The molecule has 1 aromatic rings. The third-order valence-corrected chi connectivity index (χ3v) is 4.57. The summed E-state index contributed by atoms with van der Waals surface area (Å²) in [6.07, 6.45) is 2.46. The van der Waals surface area contributed by atoms with Gasteiger partial charge in [-0.1, -0.05) is 17.7 Å². The number of aryl methyl sites for hydroxylation is 1. The van der Waals surface area contributed by atoms with E-state index in [2.05, 4.69) is 41.5 Å². The molecule has 154 valence electrons. The minimum absolute atomic E-state index is 0.